The van der Waals surface area contributed by atoms with Crippen molar-refractivity contribution in [3.63, 3.8) is 0 Å². The van der Waals surface area contributed by atoms with Crippen molar-refractivity contribution in [3.05, 3.63) is 33.6 Å². The second kappa shape index (κ2) is 3.78. The maximum atomic E-state index is 3.55. The molecule has 2 rings (SSSR count). The predicted molar refractivity (Wildman–Crippen MR) is 62.3 cm³/mol. The van der Waals surface area contributed by atoms with E-state index < -0.39 is 0 Å². The van der Waals surface area contributed by atoms with Gasteiger partial charge in [-0.1, -0.05) is 12.1 Å². The maximum absolute atomic E-state index is 3.55. The Bertz CT molecular complexity index is 422. The number of halogens is 1. The second-order valence-corrected chi connectivity index (χ2v) is 4.89. The highest BCUT2D eigenvalue weighted by molar-refractivity contribution is 9.10. The van der Waals surface area contributed by atoms with Crippen LogP contribution in [0.1, 0.15) is 4.88 Å². The summed E-state index contributed by atoms with van der Waals surface area (Å²) in [5.74, 6) is 0. The molecule has 1 aromatic carbocycles. The Morgan fingerprint density at radius 2 is 2.31 bits per heavy atom. The molecule has 0 radical (unpaired) electrons. The topological polar surface area (TPSA) is 12.0 Å². The molecule has 1 heterocycles. The van der Waals surface area contributed by atoms with Gasteiger partial charge in [0.25, 0.3) is 0 Å². The van der Waals surface area contributed by atoms with Gasteiger partial charge in [-0.25, -0.2) is 0 Å². The molecule has 1 aromatic heterocycles. The second-order valence-electron chi connectivity index (χ2n) is 2.90. The number of thiophene rings is 1. The normalized spacial score (nSPS) is 10.9. The molecule has 0 atom stereocenters. The minimum Gasteiger partial charge on any atom is -0.315 e. The van der Waals surface area contributed by atoms with Gasteiger partial charge in [-0.3, -0.25) is 0 Å². The molecule has 0 aliphatic heterocycles. The van der Waals surface area contributed by atoms with E-state index in [1.54, 1.807) is 0 Å². The van der Waals surface area contributed by atoms with E-state index in [-0.39, 0.29) is 0 Å². The van der Waals surface area contributed by atoms with Crippen LogP contribution in [0.5, 0.6) is 0 Å². The Hall–Kier alpha value is -0.380. The summed E-state index contributed by atoms with van der Waals surface area (Å²) in [6.07, 6.45) is 0. The summed E-state index contributed by atoms with van der Waals surface area (Å²) in [6, 6.07) is 8.54. The van der Waals surface area contributed by atoms with E-state index in [0.29, 0.717) is 0 Å². The van der Waals surface area contributed by atoms with Crippen molar-refractivity contribution in [2.45, 2.75) is 6.54 Å². The monoisotopic (exact) mass is 255 g/mol. The zero-order valence-electron chi connectivity index (χ0n) is 7.30. The first-order valence-electron chi connectivity index (χ1n) is 4.13. The van der Waals surface area contributed by atoms with Gasteiger partial charge in [0.05, 0.1) is 0 Å². The number of rotatable bonds is 2. The van der Waals surface area contributed by atoms with Crippen molar-refractivity contribution in [1.29, 1.82) is 0 Å². The fourth-order valence-corrected chi connectivity index (χ4v) is 3.04. The van der Waals surface area contributed by atoms with Crippen molar-refractivity contribution >= 4 is 37.4 Å². The largest absolute Gasteiger partial charge is 0.315 e. The Morgan fingerprint density at radius 1 is 1.46 bits per heavy atom. The van der Waals surface area contributed by atoms with Crippen LogP contribution < -0.4 is 5.32 Å². The van der Waals surface area contributed by atoms with Crippen molar-refractivity contribution in [1.82, 2.24) is 5.32 Å². The molecule has 0 saturated heterocycles. The lowest BCUT2D eigenvalue weighted by Gasteiger charge is -1.91. The first-order valence-corrected chi connectivity index (χ1v) is 5.74. The number of hydrogen-bond acceptors (Lipinski definition) is 2. The van der Waals surface area contributed by atoms with Crippen molar-refractivity contribution in [2.75, 3.05) is 7.05 Å². The van der Waals surface area contributed by atoms with Crippen LogP contribution in [0.3, 0.4) is 0 Å². The molecule has 0 fully saturated rings. The summed E-state index contributed by atoms with van der Waals surface area (Å²) in [5.41, 5.74) is 0. The molecule has 0 amide bonds. The van der Waals surface area contributed by atoms with Crippen LogP contribution in [0, 0.1) is 0 Å². The molecule has 68 valence electrons. The first kappa shape index (κ1) is 9.19. The molecule has 1 nitrogen and oxygen atoms in total. The SMILES string of the molecule is CNCc1cc2cccc(Br)c2s1. The number of benzene rings is 1. The van der Waals surface area contributed by atoms with Gasteiger partial charge in [0.2, 0.25) is 0 Å². The summed E-state index contributed by atoms with van der Waals surface area (Å²) in [6.45, 7) is 0.950. The molecule has 13 heavy (non-hydrogen) atoms. The van der Waals surface area contributed by atoms with Gasteiger partial charge in [0.15, 0.2) is 0 Å². The highest BCUT2D eigenvalue weighted by atomic mass is 79.9. The molecular formula is C10H10BrNS. The van der Waals surface area contributed by atoms with Gasteiger partial charge in [-0.2, -0.15) is 0 Å². The van der Waals surface area contributed by atoms with Gasteiger partial charge in [-0.05, 0) is 40.5 Å². The van der Waals surface area contributed by atoms with Crippen LogP contribution in [0.4, 0.5) is 0 Å². The fourth-order valence-electron chi connectivity index (χ4n) is 1.34. The third-order valence-corrected chi connectivity index (χ3v) is 4.01. The smallest absolute Gasteiger partial charge is 0.0488 e. The Kier molecular flexibility index (Phi) is 2.67. The van der Waals surface area contributed by atoms with Crippen molar-refractivity contribution < 1.29 is 0 Å². The van der Waals surface area contributed by atoms with Crippen LogP contribution >= 0.6 is 27.3 Å². The predicted octanol–water partition coefficient (Wildman–Crippen LogP) is 3.38. The fraction of sp³-hybridized carbons (Fsp3) is 0.200. The minimum atomic E-state index is 0.950. The van der Waals surface area contributed by atoms with E-state index in [4.69, 9.17) is 0 Å². The van der Waals surface area contributed by atoms with E-state index >= 15 is 0 Å². The average Bonchev–Trinajstić information content (AvgIpc) is 2.49. The van der Waals surface area contributed by atoms with Gasteiger partial charge in [0.1, 0.15) is 0 Å². The van der Waals surface area contributed by atoms with Gasteiger partial charge < -0.3 is 5.32 Å². The first-order chi connectivity index (χ1) is 6.31. The number of fused-ring (bicyclic) bond motifs is 1. The summed E-state index contributed by atoms with van der Waals surface area (Å²) >= 11 is 5.39. The van der Waals surface area contributed by atoms with Crippen LogP contribution in [0.15, 0.2) is 28.7 Å². The lowest BCUT2D eigenvalue weighted by atomic mass is 10.2. The van der Waals surface area contributed by atoms with Crippen LogP contribution in [-0.2, 0) is 6.54 Å². The molecule has 0 unspecified atom stereocenters. The van der Waals surface area contributed by atoms with Crippen LogP contribution in [0.25, 0.3) is 10.1 Å². The third kappa shape index (κ3) is 1.77. The minimum absolute atomic E-state index is 0.950. The van der Waals surface area contributed by atoms with E-state index in [1.807, 2.05) is 18.4 Å². The summed E-state index contributed by atoms with van der Waals surface area (Å²) in [4.78, 5) is 1.38. The molecule has 1 N–H and O–H groups in total. The quantitative estimate of drug-likeness (QED) is 0.868. The summed E-state index contributed by atoms with van der Waals surface area (Å²) < 4.78 is 2.53. The molecule has 0 aliphatic carbocycles. The van der Waals surface area contributed by atoms with Crippen molar-refractivity contribution in [3.8, 4) is 0 Å². The zero-order chi connectivity index (χ0) is 9.26. The van der Waals surface area contributed by atoms with E-state index in [9.17, 15) is 0 Å². The van der Waals surface area contributed by atoms with Gasteiger partial charge in [-0.15, -0.1) is 11.3 Å². The molecule has 0 bridgehead atoms. The molecule has 0 aliphatic rings. The van der Waals surface area contributed by atoms with Gasteiger partial charge >= 0.3 is 0 Å². The Morgan fingerprint density at radius 3 is 3.00 bits per heavy atom. The Labute approximate surface area is 89.9 Å². The number of nitrogens with one attached hydrogen (secondary N) is 1. The van der Waals surface area contributed by atoms with Crippen molar-refractivity contribution in [2.24, 2.45) is 0 Å². The molecular weight excluding hydrogens is 246 g/mol. The van der Waals surface area contributed by atoms with Crippen LogP contribution in [0.2, 0.25) is 0 Å². The third-order valence-electron chi connectivity index (χ3n) is 1.90. The lowest BCUT2D eigenvalue weighted by Crippen LogP contribution is -2.02. The van der Waals surface area contributed by atoms with Crippen LogP contribution in [-0.4, -0.2) is 7.05 Å². The molecule has 0 saturated carbocycles. The molecule has 2 aromatic rings. The average molecular weight is 256 g/mol. The maximum Gasteiger partial charge on any atom is 0.0488 e. The molecule has 3 heteroatoms. The van der Waals surface area contributed by atoms with E-state index in [1.165, 1.54) is 19.4 Å². The lowest BCUT2D eigenvalue weighted by molar-refractivity contribution is 0.832. The van der Waals surface area contributed by atoms with E-state index in [0.717, 1.165) is 6.54 Å². The highest BCUT2D eigenvalue weighted by Gasteiger charge is 2.02. The van der Waals surface area contributed by atoms with E-state index in [2.05, 4.69) is 45.5 Å². The van der Waals surface area contributed by atoms with Gasteiger partial charge in [0, 0.05) is 20.6 Å². The summed E-state index contributed by atoms with van der Waals surface area (Å²) in [5, 5.41) is 4.48. The highest BCUT2D eigenvalue weighted by Crippen LogP contribution is 2.31. The zero-order valence-corrected chi connectivity index (χ0v) is 9.71. The molecule has 0 spiro atoms. The standard InChI is InChI=1S/C10H10BrNS/c1-12-6-8-5-7-3-2-4-9(11)10(7)13-8/h2-5,12H,6H2,1H3. The Balaban J connectivity index is 2.55. The number of hydrogen-bond donors (Lipinski definition) is 1. The summed E-state index contributed by atoms with van der Waals surface area (Å²) in [7, 11) is 1.97.